The van der Waals surface area contributed by atoms with Gasteiger partial charge >= 0.3 is 0 Å². The Hall–Kier alpha value is -2.55. The molecular weight excluding hydrogens is 495 g/mol. The molecule has 3 aromatic rings. The third kappa shape index (κ3) is 5.40. The highest BCUT2D eigenvalue weighted by Gasteiger charge is 2.25. The number of hydrogen-bond donors (Lipinski definition) is 1. The molecule has 2 N–H and O–H groups in total. The quantitative estimate of drug-likeness (QED) is 0.285. The van der Waals surface area contributed by atoms with Crippen LogP contribution in [0.25, 0.3) is 16.6 Å². The zero-order chi connectivity index (χ0) is 24.2. The van der Waals surface area contributed by atoms with Crippen LogP contribution >= 0.6 is 35.0 Å². The van der Waals surface area contributed by atoms with Gasteiger partial charge < -0.3 is 10.6 Å². The van der Waals surface area contributed by atoms with E-state index in [0.717, 1.165) is 0 Å². The number of likely N-dealkylation sites (tertiary alicyclic amines) is 1. The number of carbonyl (C=O) groups excluding carboxylic acids is 2. The number of carbonyl (C=O) groups is 2. The van der Waals surface area contributed by atoms with Crippen molar-refractivity contribution < 1.29 is 9.59 Å². The largest absolute Gasteiger partial charge is 0.369 e. The molecule has 7 nitrogen and oxygen atoms in total. The van der Waals surface area contributed by atoms with Gasteiger partial charge in [0.2, 0.25) is 11.8 Å². The van der Waals surface area contributed by atoms with Crippen LogP contribution < -0.4 is 11.3 Å². The molecule has 0 aliphatic carbocycles. The Morgan fingerprint density at radius 3 is 2.56 bits per heavy atom. The van der Waals surface area contributed by atoms with Crippen LogP contribution in [-0.4, -0.2) is 45.1 Å². The minimum Gasteiger partial charge on any atom is -0.369 e. The predicted molar refractivity (Wildman–Crippen MR) is 136 cm³/mol. The summed E-state index contributed by atoms with van der Waals surface area (Å²) in [6.07, 6.45) is 2.24. The van der Waals surface area contributed by atoms with Crippen LogP contribution in [0.2, 0.25) is 10.0 Å². The first-order valence-electron chi connectivity index (χ1n) is 11.0. The van der Waals surface area contributed by atoms with E-state index in [1.807, 2.05) is 6.07 Å². The lowest BCUT2D eigenvalue weighted by atomic mass is 9.96. The summed E-state index contributed by atoms with van der Waals surface area (Å²) in [7, 11) is 0. The van der Waals surface area contributed by atoms with Gasteiger partial charge in [-0.05, 0) is 49.6 Å². The van der Waals surface area contributed by atoms with Crippen LogP contribution in [0.15, 0.2) is 52.4 Å². The van der Waals surface area contributed by atoms with Gasteiger partial charge in [-0.2, -0.15) is 0 Å². The molecule has 2 heterocycles. The Balaban J connectivity index is 1.48. The highest BCUT2D eigenvalue weighted by atomic mass is 35.5. The second-order valence-electron chi connectivity index (χ2n) is 8.16. The van der Waals surface area contributed by atoms with E-state index in [9.17, 15) is 14.4 Å². The first-order valence-corrected chi connectivity index (χ1v) is 12.8. The predicted octanol–water partition coefficient (Wildman–Crippen LogP) is 4.29. The maximum absolute atomic E-state index is 13.3. The van der Waals surface area contributed by atoms with Crippen LogP contribution in [0.3, 0.4) is 0 Å². The average Bonchev–Trinajstić information content (AvgIpc) is 2.83. The van der Waals surface area contributed by atoms with E-state index in [1.165, 1.54) is 16.3 Å². The summed E-state index contributed by atoms with van der Waals surface area (Å²) in [5.74, 6) is 0.223. The number of amides is 2. The molecule has 1 fully saturated rings. The summed E-state index contributed by atoms with van der Waals surface area (Å²) in [4.78, 5) is 43.7. The van der Waals surface area contributed by atoms with Gasteiger partial charge in [-0.15, -0.1) is 0 Å². The van der Waals surface area contributed by atoms with Crippen molar-refractivity contribution in [3.63, 3.8) is 0 Å². The van der Waals surface area contributed by atoms with Crippen molar-refractivity contribution in [3.05, 3.63) is 62.9 Å². The highest BCUT2D eigenvalue weighted by molar-refractivity contribution is 7.99. The number of thioether (sulfide) groups is 1. The fourth-order valence-corrected chi connectivity index (χ4v) is 5.48. The molecule has 178 valence electrons. The number of halogens is 2. The van der Waals surface area contributed by atoms with Crippen molar-refractivity contribution in [1.29, 1.82) is 0 Å². The second kappa shape index (κ2) is 10.8. The molecule has 1 aliphatic rings. The molecule has 0 unspecified atom stereocenters. The van der Waals surface area contributed by atoms with Crippen molar-refractivity contribution in [3.8, 4) is 5.69 Å². The number of rotatable bonds is 7. The summed E-state index contributed by atoms with van der Waals surface area (Å²) in [6.45, 7) is 1.11. The van der Waals surface area contributed by atoms with Gasteiger partial charge in [0, 0.05) is 36.2 Å². The molecule has 1 aliphatic heterocycles. The molecule has 34 heavy (non-hydrogen) atoms. The normalized spacial score (nSPS) is 14.5. The molecule has 1 saturated heterocycles. The standard InChI is InChI=1S/C24H24Cl2N4O3S/c25-16-7-8-20(18(26)14-16)30-23(33)17-4-1-2-5-19(17)28-24(30)34-13-3-6-21(31)29-11-9-15(10-12-29)22(27)32/h1-2,4-5,7-8,14-15H,3,6,9-13H2,(H2,27,32). The summed E-state index contributed by atoms with van der Waals surface area (Å²) < 4.78 is 1.50. The SMILES string of the molecule is NC(=O)C1CCN(C(=O)CCCSc2nc3ccccc3c(=O)n2-c2ccc(Cl)cc2Cl)CC1. The molecule has 2 amide bonds. The van der Waals surface area contributed by atoms with Crippen LogP contribution in [0.4, 0.5) is 0 Å². The lowest BCUT2D eigenvalue weighted by Gasteiger charge is -2.30. The molecule has 0 spiro atoms. The second-order valence-corrected chi connectivity index (χ2v) is 10.1. The average molecular weight is 519 g/mol. The molecule has 0 radical (unpaired) electrons. The van der Waals surface area contributed by atoms with Gasteiger partial charge in [-0.3, -0.25) is 19.0 Å². The third-order valence-corrected chi connectivity index (χ3v) is 7.47. The topological polar surface area (TPSA) is 98.3 Å². The number of para-hydroxylation sites is 1. The van der Waals surface area contributed by atoms with Gasteiger partial charge in [-0.25, -0.2) is 4.98 Å². The number of aromatic nitrogens is 2. The number of primary amides is 1. The zero-order valence-corrected chi connectivity index (χ0v) is 20.7. The Morgan fingerprint density at radius 1 is 1.12 bits per heavy atom. The lowest BCUT2D eigenvalue weighted by Crippen LogP contribution is -2.41. The first kappa shape index (κ1) is 24.6. The van der Waals surface area contributed by atoms with E-state index < -0.39 is 0 Å². The highest BCUT2D eigenvalue weighted by Crippen LogP contribution is 2.28. The van der Waals surface area contributed by atoms with Crippen LogP contribution in [-0.2, 0) is 9.59 Å². The minimum absolute atomic E-state index is 0.0631. The van der Waals surface area contributed by atoms with Crippen LogP contribution in [0.1, 0.15) is 25.7 Å². The number of nitrogens with zero attached hydrogens (tertiary/aromatic N) is 3. The van der Waals surface area contributed by atoms with Gasteiger partial charge in [-0.1, -0.05) is 47.1 Å². The summed E-state index contributed by atoms with van der Waals surface area (Å²) in [6, 6.07) is 12.1. The van der Waals surface area contributed by atoms with E-state index in [2.05, 4.69) is 0 Å². The Bertz CT molecular complexity index is 1290. The molecule has 4 rings (SSSR count). The Kier molecular flexibility index (Phi) is 7.80. The maximum atomic E-state index is 13.3. The molecular formula is C24H24Cl2N4O3S. The molecule has 0 atom stereocenters. The Labute approximate surface area is 211 Å². The summed E-state index contributed by atoms with van der Waals surface area (Å²) >= 11 is 13.9. The molecule has 2 aromatic carbocycles. The fourth-order valence-electron chi connectivity index (χ4n) is 4.04. The van der Waals surface area contributed by atoms with Gasteiger partial charge in [0.15, 0.2) is 5.16 Å². The molecule has 1 aromatic heterocycles. The number of piperidine rings is 1. The lowest BCUT2D eigenvalue weighted by molar-refractivity contribution is -0.134. The van der Waals surface area contributed by atoms with Crippen molar-refractivity contribution >= 4 is 57.7 Å². The van der Waals surface area contributed by atoms with Crippen molar-refractivity contribution in [2.75, 3.05) is 18.8 Å². The smallest absolute Gasteiger partial charge is 0.266 e. The molecule has 10 heteroatoms. The fraction of sp³-hybridized carbons (Fsp3) is 0.333. The number of nitrogens with two attached hydrogens (primary N) is 1. The van der Waals surface area contributed by atoms with E-state index >= 15 is 0 Å². The maximum Gasteiger partial charge on any atom is 0.266 e. The van der Waals surface area contributed by atoms with Crippen LogP contribution in [0.5, 0.6) is 0 Å². The van der Waals surface area contributed by atoms with Crippen molar-refractivity contribution in [2.24, 2.45) is 11.7 Å². The number of fused-ring (bicyclic) bond motifs is 1. The van der Waals surface area contributed by atoms with Gasteiger partial charge in [0.1, 0.15) is 0 Å². The minimum atomic E-state index is -0.293. The Morgan fingerprint density at radius 2 is 1.85 bits per heavy atom. The van der Waals surface area contributed by atoms with Gasteiger partial charge in [0.05, 0.1) is 21.6 Å². The van der Waals surface area contributed by atoms with E-state index in [0.29, 0.717) is 76.3 Å². The summed E-state index contributed by atoms with van der Waals surface area (Å²) in [5.41, 5.74) is 6.26. The first-order chi connectivity index (χ1) is 16.3. The van der Waals surface area contributed by atoms with Crippen LogP contribution in [0, 0.1) is 5.92 Å². The summed E-state index contributed by atoms with van der Waals surface area (Å²) in [5, 5.41) is 1.82. The van der Waals surface area contributed by atoms with Crippen molar-refractivity contribution in [1.82, 2.24) is 14.5 Å². The molecule has 0 saturated carbocycles. The third-order valence-electron chi connectivity index (χ3n) is 5.91. The monoisotopic (exact) mass is 518 g/mol. The van der Waals surface area contributed by atoms with Crippen molar-refractivity contribution in [2.45, 2.75) is 30.8 Å². The molecule has 0 bridgehead atoms. The number of benzene rings is 2. The zero-order valence-electron chi connectivity index (χ0n) is 18.4. The van der Waals surface area contributed by atoms with Gasteiger partial charge in [0.25, 0.3) is 5.56 Å². The van der Waals surface area contributed by atoms with E-state index in [1.54, 1.807) is 41.3 Å². The van der Waals surface area contributed by atoms with E-state index in [4.69, 9.17) is 33.9 Å². The van der Waals surface area contributed by atoms with E-state index in [-0.39, 0.29) is 23.3 Å². The number of hydrogen-bond acceptors (Lipinski definition) is 5.